The molecule has 1 aliphatic carbocycles. The molecule has 1 saturated carbocycles. The van der Waals surface area contributed by atoms with Gasteiger partial charge in [0, 0.05) is 11.7 Å². The number of hydrogen-bond donors (Lipinski definition) is 2. The van der Waals surface area contributed by atoms with E-state index in [4.69, 9.17) is 11.6 Å². The summed E-state index contributed by atoms with van der Waals surface area (Å²) in [5.41, 5.74) is 2.00. The molecular weight excluding hydrogens is 336 g/mol. The van der Waals surface area contributed by atoms with E-state index < -0.39 is 0 Å². The SMILES string of the molecule is CCC(C(=O)Nc1ccc(C(=O)NC2CC2)c(Cl)c1)c1ccccc1. The summed E-state index contributed by atoms with van der Waals surface area (Å²) < 4.78 is 0. The van der Waals surface area contributed by atoms with E-state index in [1.807, 2.05) is 37.3 Å². The summed E-state index contributed by atoms with van der Waals surface area (Å²) in [6.45, 7) is 1.98. The van der Waals surface area contributed by atoms with Crippen molar-refractivity contribution >= 4 is 29.1 Å². The first-order valence-corrected chi connectivity index (χ1v) is 8.92. The molecule has 1 fully saturated rings. The maximum atomic E-state index is 12.6. The molecule has 2 aromatic rings. The zero-order chi connectivity index (χ0) is 17.8. The van der Waals surface area contributed by atoms with Gasteiger partial charge in [0.15, 0.2) is 0 Å². The summed E-state index contributed by atoms with van der Waals surface area (Å²) in [6, 6.07) is 14.9. The first kappa shape index (κ1) is 17.5. The van der Waals surface area contributed by atoms with Crippen molar-refractivity contribution in [2.75, 3.05) is 5.32 Å². The second-order valence-corrected chi connectivity index (χ2v) is 6.71. The van der Waals surface area contributed by atoms with E-state index in [0.717, 1.165) is 18.4 Å². The van der Waals surface area contributed by atoms with Crippen molar-refractivity contribution in [2.24, 2.45) is 0 Å². The summed E-state index contributed by atoms with van der Waals surface area (Å²) in [7, 11) is 0. The minimum absolute atomic E-state index is 0.0834. The molecule has 4 nitrogen and oxygen atoms in total. The van der Waals surface area contributed by atoms with Crippen molar-refractivity contribution in [3.63, 3.8) is 0 Å². The van der Waals surface area contributed by atoms with E-state index in [9.17, 15) is 9.59 Å². The van der Waals surface area contributed by atoms with Crippen LogP contribution in [0.4, 0.5) is 5.69 Å². The van der Waals surface area contributed by atoms with E-state index >= 15 is 0 Å². The minimum atomic E-state index is -0.224. The van der Waals surface area contributed by atoms with Gasteiger partial charge in [0.05, 0.1) is 16.5 Å². The summed E-state index contributed by atoms with van der Waals surface area (Å²) in [5, 5.41) is 6.14. The molecule has 0 bridgehead atoms. The molecular formula is C20H21ClN2O2. The van der Waals surface area contributed by atoms with Crippen LogP contribution >= 0.6 is 11.6 Å². The van der Waals surface area contributed by atoms with Crippen LogP contribution < -0.4 is 10.6 Å². The molecule has 1 aliphatic rings. The van der Waals surface area contributed by atoms with Crippen LogP contribution in [0.25, 0.3) is 0 Å². The Bertz CT molecular complexity index is 773. The normalized spacial score (nSPS) is 14.6. The van der Waals surface area contributed by atoms with Gasteiger partial charge in [0.1, 0.15) is 0 Å². The van der Waals surface area contributed by atoms with Crippen molar-refractivity contribution in [3.8, 4) is 0 Å². The van der Waals surface area contributed by atoms with Crippen LogP contribution in [0, 0.1) is 0 Å². The summed E-state index contributed by atoms with van der Waals surface area (Å²) in [4.78, 5) is 24.7. The predicted molar refractivity (Wildman–Crippen MR) is 100 cm³/mol. The van der Waals surface area contributed by atoms with Crippen LogP contribution in [-0.4, -0.2) is 17.9 Å². The van der Waals surface area contributed by atoms with Gasteiger partial charge in [-0.2, -0.15) is 0 Å². The number of hydrogen-bond acceptors (Lipinski definition) is 2. The lowest BCUT2D eigenvalue weighted by Crippen LogP contribution is -2.25. The van der Waals surface area contributed by atoms with E-state index in [2.05, 4.69) is 10.6 Å². The molecule has 1 atom stereocenters. The van der Waals surface area contributed by atoms with Gasteiger partial charge in [0.2, 0.25) is 5.91 Å². The number of nitrogens with one attached hydrogen (secondary N) is 2. The Kier molecular flexibility index (Phi) is 5.39. The van der Waals surface area contributed by atoms with Crippen molar-refractivity contribution in [1.29, 1.82) is 0 Å². The Balaban J connectivity index is 1.70. The van der Waals surface area contributed by atoms with E-state index in [-0.39, 0.29) is 23.8 Å². The number of amides is 2. The molecule has 2 aromatic carbocycles. The van der Waals surface area contributed by atoms with Crippen LogP contribution in [0.3, 0.4) is 0 Å². The van der Waals surface area contributed by atoms with Gasteiger partial charge < -0.3 is 10.6 Å². The standard InChI is InChI=1S/C20H21ClN2O2/c1-2-16(13-6-4-3-5-7-13)19(24)23-15-10-11-17(18(21)12-15)20(25)22-14-8-9-14/h3-7,10-12,14,16H,2,8-9H2,1H3,(H,22,25)(H,23,24). The first-order valence-electron chi connectivity index (χ1n) is 8.54. The number of carbonyl (C=O) groups is 2. The van der Waals surface area contributed by atoms with Gasteiger partial charge in [-0.1, -0.05) is 48.9 Å². The lowest BCUT2D eigenvalue weighted by molar-refractivity contribution is -0.117. The number of carbonyl (C=O) groups excluding carboxylic acids is 2. The average molecular weight is 357 g/mol. The molecule has 0 aliphatic heterocycles. The lowest BCUT2D eigenvalue weighted by Gasteiger charge is -2.16. The molecule has 0 heterocycles. The summed E-state index contributed by atoms with van der Waals surface area (Å²) in [6.07, 6.45) is 2.75. The Morgan fingerprint density at radius 2 is 1.88 bits per heavy atom. The van der Waals surface area contributed by atoms with Gasteiger partial charge in [0.25, 0.3) is 5.91 Å². The van der Waals surface area contributed by atoms with Crippen molar-refractivity contribution < 1.29 is 9.59 Å². The Hall–Kier alpha value is -2.33. The molecule has 0 spiro atoms. The molecule has 2 N–H and O–H groups in total. The highest BCUT2D eigenvalue weighted by molar-refractivity contribution is 6.34. The quantitative estimate of drug-likeness (QED) is 0.807. The number of benzene rings is 2. The highest BCUT2D eigenvalue weighted by atomic mass is 35.5. The smallest absolute Gasteiger partial charge is 0.253 e. The molecule has 0 aromatic heterocycles. The zero-order valence-corrected chi connectivity index (χ0v) is 14.8. The third-order valence-electron chi connectivity index (χ3n) is 4.32. The Morgan fingerprint density at radius 3 is 2.48 bits per heavy atom. The second kappa shape index (κ2) is 7.70. The molecule has 5 heteroatoms. The van der Waals surface area contributed by atoms with Crippen LogP contribution in [0.1, 0.15) is 48.0 Å². The lowest BCUT2D eigenvalue weighted by atomic mass is 9.95. The van der Waals surface area contributed by atoms with Crippen molar-refractivity contribution in [3.05, 3.63) is 64.7 Å². The van der Waals surface area contributed by atoms with E-state index in [0.29, 0.717) is 22.7 Å². The fourth-order valence-electron chi connectivity index (χ4n) is 2.76. The summed E-state index contributed by atoms with van der Waals surface area (Å²) >= 11 is 6.23. The maximum absolute atomic E-state index is 12.6. The van der Waals surface area contributed by atoms with Crippen LogP contribution in [0.2, 0.25) is 5.02 Å². The van der Waals surface area contributed by atoms with E-state index in [1.54, 1.807) is 18.2 Å². The summed E-state index contributed by atoms with van der Waals surface area (Å²) in [5.74, 6) is -0.473. The predicted octanol–water partition coefficient (Wildman–Crippen LogP) is 4.36. The third-order valence-corrected chi connectivity index (χ3v) is 4.63. The highest BCUT2D eigenvalue weighted by Gasteiger charge is 2.25. The topological polar surface area (TPSA) is 58.2 Å². The highest BCUT2D eigenvalue weighted by Crippen LogP contribution is 2.26. The minimum Gasteiger partial charge on any atom is -0.349 e. The molecule has 2 amide bonds. The largest absolute Gasteiger partial charge is 0.349 e. The number of halogens is 1. The van der Waals surface area contributed by atoms with Crippen molar-refractivity contribution in [1.82, 2.24) is 5.32 Å². The van der Waals surface area contributed by atoms with E-state index in [1.165, 1.54) is 0 Å². The Labute approximate surface area is 152 Å². The Morgan fingerprint density at radius 1 is 1.16 bits per heavy atom. The molecule has 3 rings (SSSR count). The van der Waals surface area contributed by atoms with Gasteiger partial charge in [-0.3, -0.25) is 9.59 Å². The second-order valence-electron chi connectivity index (χ2n) is 6.30. The molecule has 1 unspecified atom stereocenters. The van der Waals surface area contributed by atoms with Gasteiger partial charge in [-0.05, 0) is 43.0 Å². The zero-order valence-electron chi connectivity index (χ0n) is 14.1. The molecule has 0 radical (unpaired) electrons. The molecule has 25 heavy (non-hydrogen) atoms. The number of anilines is 1. The van der Waals surface area contributed by atoms with Crippen LogP contribution in [0.5, 0.6) is 0 Å². The maximum Gasteiger partial charge on any atom is 0.253 e. The van der Waals surface area contributed by atoms with Gasteiger partial charge in [-0.15, -0.1) is 0 Å². The van der Waals surface area contributed by atoms with Crippen LogP contribution in [0.15, 0.2) is 48.5 Å². The van der Waals surface area contributed by atoms with Gasteiger partial charge in [-0.25, -0.2) is 0 Å². The third kappa shape index (κ3) is 4.40. The van der Waals surface area contributed by atoms with Gasteiger partial charge >= 0.3 is 0 Å². The fraction of sp³-hybridized carbons (Fsp3) is 0.300. The molecule has 130 valence electrons. The average Bonchev–Trinajstić information content (AvgIpc) is 3.40. The van der Waals surface area contributed by atoms with Crippen LogP contribution in [-0.2, 0) is 4.79 Å². The first-order chi connectivity index (χ1) is 12.1. The monoisotopic (exact) mass is 356 g/mol. The number of rotatable bonds is 6. The molecule has 0 saturated heterocycles. The fourth-order valence-corrected chi connectivity index (χ4v) is 3.02. The van der Waals surface area contributed by atoms with Crippen molar-refractivity contribution in [2.45, 2.75) is 38.1 Å².